The summed E-state index contributed by atoms with van der Waals surface area (Å²) >= 11 is 0. The van der Waals surface area contributed by atoms with Gasteiger partial charge in [0, 0.05) is 43.0 Å². The van der Waals surface area contributed by atoms with Crippen molar-refractivity contribution < 1.29 is 19.5 Å². The first kappa shape index (κ1) is 20.8. The van der Waals surface area contributed by atoms with Gasteiger partial charge < -0.3 is 20.6 Å². The second-order valence-electron chi connectivity index (χ2n) is 6.87. The number of carbonyl (C=O) groups is 3. The molecule has 0 radical (unpaired) electrons. The second-order valence-corrected chi connectivity index (χ2v) is 6.87. The Hall–Kier alpha value is -3.88. The molecule has 0 spiro atoms. The largest absolute Gasteiger partial charge is 0.480 e. The van der Waals surface area contributed by atoms with Crippen molar-refractivity contribution in [1.82, 2.24) is 9.80 Å². The number of nitrogens with two attached hydrogens (primary N) is 1. The highest BCUT2D eigenvalue weighted by molar-refractivity contribution is 5.98. The summed E-state index contributed by atoms with van der Waals surface area (Å²) in [5.74, 6) is -1.54. The molecule has 2 aromatic carbocycles. The van der Waals surface area contributed by atoms with Crippen molar-refractivity contribution in [1.29, 1.82) is 5.41 Å². The number of benzene rings is 2. The maximum atomic E-state index is 12.8. The molecule has 3 rings (SSSR count). The first-order valence-corrected chi connectivity index (χ1v) is 9.44. The molecule has 30 heavy (non-hydrogen) atoms. The molecular weight excluding hydrogens is 386 g/mol. The number of carbonyl (C=O) groups excluding carboxylic acids is 2. The van der Waals surface area contributed by atoms with E-state index in [4.69, 9.17) is 16.2 Å². The predicted octanol–water partition coefficient (Wildman–Crippen LogP) is 1.44. The third kappa shape index (κ3) is 4.75. The number of anilines is 1. The molecule has 1 heterocycles. The summed E-state index contributed by atoms with van der Waals surface area (Å²) in [6.45, 7) is 0.846. The normalized spacial score (nSPS) is 13.4. The fourth-order valence-corrected chi connectivity index (χ4v) is 3.27. The van der Waals surface area contributed by atoms with Gasteiger partial charge in [0.1, 0.15) is 12.4 Å². The monoisotopic (exact) mass is 409 g/mol. The van der Waals surface area contributed by atoms with Crippen molar-refractivity contribution in [3.8, 4) is 0 Å². The number of nitrogen functional groups attached to an aromatic ring is 1. The van der Waals surface area contributed by atoms with Gasteiger partial charge in [-0.2, -0.15) is 0 Å². The van der Waals surface area contributed by atoms with E-state index in [0.29, 0.717) is 29.9 Å². The summed E-state index contributed by atoms with van der Waals surface area (Å²) in [6.07, 6.45) is 0. The van der Waals surface area contributed by atoms with E-state index in [-0.39, 0.29) is 30.9 Å². The zero-order valence-corrected chi connectivity index (χ0v) is 16.3. The Labute approximate surface area is 173 Å². The highest BCUT2D eigenvalue weighted by atomic mass is 16.4. The lowest BCUT2D eigenvalue weighted by atomic mass is 10.2. The number of hydrogen-bond donors (Lipinski definition) is 3. The minimum absolute atomic E-state index is 0.0440. The molecule has 9 heteroatoms. The number of nitrogens with one attached hydrogen (secondary N) is 1. The van der Waals surface area contributed by atoms with Crippen molar-refractivity contribution in [3.63, 3.8) is 0 Å². The Kier molecular flexibility index (Phi) is 6.31. The molecule has 0 aliphatic carbocycles. The van der Waals surface area contributed by atoms with Gasteiger partial charge in [0.2, 0.25) is 0 Å². The molecule has 0 saturated carbocycles. The van der Waals surface area contributed by atoms with E-state index >= 15 is 0 Å². The van der Waals surface area contributed by atoms with Crippen LogP contribution in [-0.4, -0.2) is 71.4 Å². The van der Waals surface area contributed by atoms with Crippen LogP contribution in [0.3, 0.4) is 0 Å². The molecule has 1 aliphatic rings. The molecule has 3 amide bonds. The van der Waals surface area contributed by atoms with Crippen LogP contribution >= 0.6 is 0 Å². The molecule has 1 aliphatic heterocycles. The number of amides is 3. The van der Waals surface area contributed by atoms with Crippen molar-refractivity contribution in [2.24, 2.45) is 5.73 Å². The zero-order valence-electron chi connectivity index (χ0n) is 16.3. The Morgan fingerprint density at radius 2 is 1.70 bits per heavy atom. The van der Waals surface area contributed by atoms with Gasteiger partial charge in [-0.25, -0.2) is 4.79 Å². The van der Waals surface area contributed by atoms with Crippen molar-refractivity contribution in [3.05, 3.63) is 65.7 Å². The van der Waals surface area contributed by atoms with Crippen LogP contribution in [0.5, 0.6) is 0 Å². The van der Waals surface area contributed by atoms with E-state index in [9.17, 15) is 14.4 Å². The Bertz CT molecular complexity index is 946. The smallest absolute Gasteiger partial charge is 0.324 e. The highest BCUT2D eigenvalue weighted by Gasteiger charge is 2.30. The van der Waals surface area contributed by atoms with Gasteiger partial charge in [0.05, 0.1) is 0 Å². The number of carboxylic acid groups (broad SMARTS) is 1. The summed E-state index contributed by atoms with van der Waals surface area (Å²) < 4.78 is 0. The van der Waals surface area contributed by atoms with Gasteiger partial charge in [-0.15, -0.1) is 0 Å². The van der Waals surface area contributed by atoms with Crippen molar-refractivity contribution in [2.45, 2.75) is 0 Å². The van der Waals surface area contributed by atoms with Crippen molar-refractivity contribution in [2.75, 3.05) is 37.6 Å². The van der Waals surface area contributed by atoms with Gasteiger partial charge in [0.15, 0.2) is 0 Å². The minimum atomic E-state index is -1.11. The Balaban J connectivity index is 1.64. The van der Waals surface area contributed by atoms with E-state index in [1.165, 1.54) is 4.90 Å². The zero-order chi connectivity index (χ0) is 21.7. The predicted molar refractivity (Wildman–Crippen MR) is 112 cm³/mol. The number of rotatable bonds is 8. The van der Waals surface area contributed by atoms with Gasteiger partial charge in [-0.3, -0.25) is 19.9 Å². The van der Waals surface area contributed by atoms with Crippen LogP contribution in [0.2, 0.25) is 0 Å². The lowest BCUT2D eigenvalue weighted by Gasteiger charge is -2.24. The summed E-state index contributed by atoms with van der Waals surface area (Å²) in [5, 5.41) is 16.6. The number of amidine groups is 1. The maximum absolute atomic E-state index is 12.8. The average Bonchev–Trinajstić information content (AvgIpc) is 3.11. The van der Waals surface area contributed by atoms with Crippen molar-refractivity contribution >= 4 is 29.4 Å². The summed E-state index contributed by atoms with van der Waals surface area (Å²) in [7, 11) is 0. The number of hydrogen-bond acceptors (Lipinski definition) is 4. The summed E-state index contributed by atoms with van der Waals surface area (Å²) in [4.78, 5) is 41.1. The van der Waals surface area contributed by atoms with Gasteiger partial charge in [-0.1, -0.05) is 18.2 Å². The summed E-state index contributed by atoms with van der Waals surface area (Å²) in [5.41, 5.74) is 7.12. The number of carboxylic acids is 1. The fraction of sp³-hybridized carbons (Fsp3) is 0.238. The van der Waals surface area contributed by atoms with Gasteiger partial charge in [0.25, 0.3) is 5.91 Å². The lowest BCUT2D eigenvalue weighted by molar-refractivity contribution is -0.137. The minimum Gasteiger partial charge on any atom is -0.480 e. The Morgan fingerprint density at radius 3 is 2.30 bits per heavy atom. The van der Waals surface area contributed by atoms with Crippen LogP contribution in [0.1, 0.15) is 15.9 Å². The first-order valence-electron chi connectivity index (χ1n) is 9.44. The molecule has 0 atom stereocenters. The van der Waals surface area contributed by atoms with E-state index in [1.54, 1.807) is 64.4 Å². The van der Waals surface area contributed by atoms with Crippen LogP contribution in [0.15, 0.2) is 54.6 Å². The molecule has 0 unspecified atom stereocenters. The van der Waals surface area contributed by atoms with Crippen LogP contribution in [0.4, 0.5) is 10.5 Å². The standard InChI is InChI=1S/C21H23N5O4/c22-19(23)15-6-8-17(9-7-15)26-13-12-24(21(26)30)10-11-25(14-18(27)28)20(29)16-4-2-1-3-5-16/h1-9H,10-14H2,(H3,22,23)(H,27,28). The quantitative estimate of drug-likeness (QED) is 0.448. The third-order valence-corrected chi connectivity index (χ3v) is 4.86. The van der Waals surface area contributed by atoms with Crippen LogP contribution in [-0.2, 0) is 4.79 Å². The van der Waals surface area contributed by atoms with Gasteiger partial charge in [-0.05, 0) is 36.4 Å². The molecule has 0 bridgehead atoms. The number of aliphatic carboxylic acids is 1. The number of urea groups is 1. The van der Waals surface area contributed by atoms with E-state index in [0.717, 1.165) is 0 Å². The highest BCUT2D eigenvalue weighted by Crippen LogP contribution is 2.21. The molecular formula is C21H23N5O4. The summed E-state index contributed by atoms with van der Waals surface area (Å²) in [6, 6.07) is 15.1. The van der Waals surface area contributed by atoms with Crippen LogP contribution in [0.25, 0.3) is 0 Å². The van der Waals surface area contributed by atoms with Crippen LogP contribution < -0.4 is 10.6 Å². The van der Waals surface area contributed by atoms with E-state index in [2.05, 4.69) is 0 Å². The third-order valence-electron chi connectivity index (χ3n) is 4.86. The van der Waals surface area contributed by atoms with E-state index in [1.807, 2.05) is 0 Å². The fourth-order valence-electron chi connectivity index (χ4n) is 3.27. The molecule has 156 valence electrons. The average molecular weight is 409 g/mol. The van der Waals surface area contributed by atoms with E-state index < -0.39 is 12.5 Å². The number of nitrogens with zero attached hydrogens (tertiary/aromatic N) is 3. The molecule has 1 saturated heterocycles. The molecule has 1 fully saturated rings. The second kappa shape index (κ2) is 9.08. The molecule has 0 aromatic heterocycles. The van der Waals surface area contributed by atoms with Crippen LogP contribution in [0, 0.1) is 5.41 Å². The topological polar surface area (TPSA) is 131 Å². The molecule has 9 nitrogen and oxygen atoms in total. The molecule has 4 N–H and O–H groups in total. The maximum Gasteiger partial charge on any atom is 0.324 e. The Morgan fingerprint density at radius 1 is 1.03 bits per heavy atom. The SMILES string of the molecule is N=C(N)c1ccc(N2CCN(CCN(CC(=O)O)C(=O)c3ccccc3)C2=O)cc1. The first-order chi connectivity index (χ1) is 14.4. The lowest BCUT2D eigenvalue weighted by Crippen LogP contribution is -2.42. The molecule has 2 aromatic rings. The van der Waals surface area contributed by atoms with Gasteiger partial charge >= 0.3 is 12.0 Å².